The molecule has 0 aromatic heterocycles. The molecule has 4 heteroatoms. The monoisotopic (exact) mass is 207 g/mol. The molecular formula is C11H13NO3. The lowest BCUT2D eigenvalue weighted by molar-refractivity contribution is -0.114. The largest absolute Gasteiger partial charge is 0.495 e. The second kappa shape index (κ2) is 4.59. The van der Waals surface area contributed by atoms with E-state index in [0.29, 0.717) is 17.0 Å². The first-order valence-corrected chi connectivity index (χ1v) is 4.50. The van der Waals surface area contributed by atoms with Crippen LogP contribution in [-0.2, 0) is 4.79 Å². The summed E-state index contributed by atoms with van der Waals surface area (Å²) in [6, 6.07) is 3.32. The van der Waals surface area contributed by atoms with Crippen molar-refractivity contribution in [2.75, 3.05) is 12.4 Å². The number of carbonyl (C=O) groups excluding carboxylic acids is 2. The van der Waals surface area contributed by atoms with Crippen LogP contribution in [0, 0.1) is 6.92 Å². The highest BCUT2D eigenvalue weighted by Gasteiger charge is 2.08. The van der Waals surface area contributed by atoms with Crippen molar-refractivity contribution in [3.63, 3.8) is 0 Å². The van der Waals surface area contributed by atoms with Crippen LogP contribution < -0.4 is 10.1 Å². The number of hydrogen-bond acceptors (Lipinski definition) is 3. The first-order chi connectivity index (χ1) is 7.08. The number of anilines is 1. The third kappa shape index (κ3) is 2.56. The van der Waals surface area contributed by atoms with E-state index in [2.05, 4.69) is 5.32 Å². The van der Waals surface area contributed by atoms with Crippen LogP contribution in [0.1, 0.15) is 22.8 Å². The van der Waals surface area contributed by atoms with Crippen LogP contribution in [0.25, 0.3) is 0 Å². The minimum atomic E-state index is -0.200. The van der Waals surface area contributed by atoms with Crippen molar-refractivity contribution in [1.82, 2.24) is 0 Å². The highest BCUT2D eigenvalue weighted by Crippen LogP contribution is 2.27. The second-order valence-electron chi connectivity index (χ2n) is 3.21. The Morgan fingerprint density at radius 2 is 2.13 bits per heavy atom. The number of ether oxygens (including phenoxy) is 1. The zero-order chi connectivity index (χ0) is 11.4. The highest BCUT2D eigenvalue weighted by molar-refractivity contribution is 5.92. The summed E-state index contributed by atoms with van der Waals surface area (Å²) in [6.45, 7) is 3.21. The van der Waals surface area contributed by atoms with Crippen molar-refractivity contribution in [1.29, 1.82) is 0 Å². The number of rotatable bonds is 3. The van der Waals surface area contributed by atoms with Gasteiger partial charge in [-0.05, 0) is 24.6 Å². The van der Waals surface area contributed by atoms with Gasteiger partial charge in [0.25, 0.3) is 0 Å². The lowest BCUT2D eigenvalue weighted by Crippen LogP contribution is -2.08. The molecule has 0 aliphatic rings. The molecule has 0 atom stereocenters. The van der Waals surface area contributed by atoms with Gasteiger partial charge in [-0.2, -0.15) is 0 Å². The fourth-order valence-electron chi connectivity index (χ4n) is 1.28. The highest BCUT2D eigenvalue weighted by atomic mass is 16.5. The Kier molecular flexibility index (Phi) is 3.44. The maximum atomic E-state index is 10.9. The van der Waals surface area contributed by atoms with Crippen LogP contribution in [0.15, 0.2) is 12.1 Å². The maximum absolute atomic E-state index is 10.9. The number of amides is 1. The van der Waals surface area contributed by atoms with E-state index in [-0.39, 0.29) is 5.91 Å². The van der Waals surface area contributed by atoms with Gasteiger partial charge in [0.2, 0.25) is 5.91 Å². The summed E-state index contributed by atoms with van der Waals surface area (Å²) >= 11 is 0. The molecule has 0 aliphatic heterocycles. The number of benzene rings is 1. The summed E-state index contributed by atoms with van der Waals surface area (Å²) in [5.74, 6) is 0.349. The Balaban J connectivity index is 3.21. The van der Waals surface area contributed by atoms with E-state index in [1.807, 2.05) is 6.92 Å². The molecule has 0 spiro atoms. The predicted molar refractivity (Wildman–Crippen MR) is 57.4 cm³/mol. The van der Waals surface area contributed by atoms with Gasteiger partial charge in [0.15, 0.2) is 0 Å². The van der Waals surface area contributed by atoms with Crippen molar-refractivity contribution in [2.45, 2.75) is 13.8 Å². The van der Waals surface area contributed by atoms with E-state index in [1.165, 1.54) is 14.0 Å². The van der Waals surface area contributed by atoms with Crippen LogP contribution >= 0.6 is 0 Å². The van der Waals surface area contributed by atoms with E-state index in [4.69, 9.17) is 4.74 Å². The lowest BCUT2D eigenvalue weighted by atomic mass is 10.1. The SMILES string of the molecule is COc1cc(C)c(C=O)cc1NC(C)=O. The first-order valence-electron chi connectivity index (χ1n) is 4.50. The molecule has 0 heterocycles. The van der Waals surface area contributed by atoms with Gasteiger partial charge in [-0.1, -0.05) is 0 Å². The second-order valence-corrected chi connectivity index (χ2v) is 3.21. The number of aldehydes is 1. The fraction of sp³-hybridized carbons (Fsp3) is 0.273. The molecule has 0 saturated carbocycles. The zero-order valence-electron chi connectivity index (χ0n) is 8.96. The van der Waals surface area contributed by atoms with Gasteiger partial charge in [-0.15, -0.1) is 0 Å². The number of carbonyl (C=O) groups is 2. The third-order valence-electron chi connectivity index (χ3n) is 2.03. The van der Waals surface area contributed by atoms with Gasteiger partial charge in [-0.25, -0.2) is 0 Å². The van der Waals surface area contributed by atoms with E-state index >= 15 is 0 Å². The van der Waals surface area contributed by atoms with Gasteiger partial charge in [0.1, 0.15) is 12.0 Å². The molecule has 80 valence electrons. The number of hydrogen-bond donors (Lipinski definition) is 1. The Morgan fingerprint density at radius 3 is 2.60 bits per heavy atom. The molecule has 15 heavy (non-hydrogen) atoms. The molecule has 1 rings (SSSR count). The average Bonchev–Trinajstić information content (AvgIpc) is 2.19. The van der Waals surface area contributed by atoms with E-state index in [1.54, 1.807) is 12.1 Å². The quantitative estimate of drug-likeness (QED) is 0.768. The molecule has 0 unspecified atom stereocenters. The van der Waals surface area contributed by atoms with Gasteiger partial charge in [0.05, 0.1) is 12.8 Å². The van der Waals surface area contributed by atoms with Crippen molar-refractivity contribution in [2.24, 2.45) is 0 Å². The first kappa shape index (κ1) is 11.2. The number of nitrogens with one attached hydrogen (secondary N) is 1. The van der Waals surface area contributed by atoms with Gasteiger partial charge in [-0.3, -0.25) is 9.59 Å². The molecule has 0 fully saturated rings. The van der Waals surface area contributed by atoms with Gasteiger partial charge in [0, 0.05) is 12.5 Å². The average molecular weight is 207 g/mol. The standard InChI is InChI=1S/C11H13NO3/c1-7-4-11(15-3)10(12-8(2)14)5-9(7)6-13/h4-6H,1-3H3,(H,12,14). The fourth-order valence-corrected chi connectivity index (χ4v) is 1.28. The zero-order valence-corrected chi connectivity index (χ0v) is 8.96. The van der Waals surface area contributed by atoms with Crippen LogP contribution in [0.2, 0.25) is 0 Å². The van der Waals surface area contributed by atoms with Gasteiger partial charge < -0.3 is 10.1 Å². The molecule has 0 bridgehead atoms. The minimum Gasteiger partial charge on any atom is -0.495 e. The normalized spacial score (nSPS) is 9.53. The van der Waals surface area contributed by atoms with Crippen molar-refractivity contribution >= 4 is 17.9 Å². The van der Waals surface area contributed by atoms with E-state index < -0.39 is 0 Å². The molecule has 0 aliphatic carbocycles. The molecule has 1 aromatic rings. The molecule has 1 amide bonds. The van der Waals surface area contributed by atoms with Crippen LogP contribution in [0.5, 0.6) is 5.75 Å². The van der Waals surface area contributed by atoms with Crippen LogP contribution in [0.3, 0.4) is 0 Å². The Morgan fingerprint density at radius 1 is 1.47 bits per heavy atom. The van der Waals surface area contributed by atoms with Crippen LogP contribution in [0.4, 0.5) is 5.69 Å². The summed E-state index contributed by atoms with van der Waals surface area (Å²) < 4.78 is 5.10. The Labute approximate surface area is 88.2 Å². The summed E-state index contributed by atoms with van der Waals surface area (Å²) in [6.07, 6.45) is 0.750. The smallest absolute Gasteiger partial charge is 0.221 e. The summed E-state index contributed by atoms with van der Waals surface area (Å²) in [5, 5.41) is 2.60. The van der Waals surface area contributed by atoms with Crippen molar-refractivity contribution < 1.29 is 14.3 Å². The minimum absolute atomic E-state index is 0.200. The molecule has 0 saturated heterocycles. The van der Waals surface area contributed by atoms with Gasteiger partial charge >= 0.3 is 0 Å². The molecule has 1 aromatic carbocycles. The molecular weight excluding hydrogens is 194 g/mol. The molecule has 4 nitrogen and oxygen atoms in total. The van der Waals surface area contributed by atoms with Crippen LogP contribution in [-0.4, -0.2) is 19.3 Å². The topological polar surface area (TPSA) is 55.4 Å². The molecule has 0 radical (unpaired) electrons. The Bertz CT molecular complexity index is 399. The summed E-state index contributed by atoms with van der Waals surface area (Å²) in [4.78, 5) is 21.6. The van der Waals surface area contributed by atoms with Crippen molar-refractivity contribution in [3.8, 4) is 5.75 Å². The van der Waals surface area contributed by atoms with E-state index in [0.717, 1.165) is 11.8 Å². The summed E-state index contributed by atoms with van der Waals surface area (Å²) in [7, 11) is 1.51. The lowest BCUT2D eigenvalue weighted by Gasteiger charge is -2.11. The maximum Gasteiger partial charge on any atom is 0.221 e. The summed E-state index contributed by atoms with van der Waals surface area (Å²) in [5.41, 5.74) is 1.87. The molecule has 1 N–H and O–H groups in total. The number of methoxy groups -OCH3 is 1. The predicted octanol–water partition coefficient (Wildman–Crippen LogP) is 1.77. The third-order valence-corrected chi connectivity index (χ3v) is 2.03. The number of aryl methyl sites for hydroxylation is 1. The van der Waals surface area contributed by atoms with E-state index in [9.17, 15) is 9.59 Å². The van der Waals surface area contributed by atoms with Crippen molar-refractivity contribution in [3.05, 3.63) is 23.3 Å². The Hall–Kier alpha value is -1.84.